The molecular weight excluding hydrogens is 231 g/mol. The molecule has 0 bridgehead atoms. The number of hydrogen-bond acceptors (Lipinski definition) is 3. The van der Waals surface area contributed by atoms with E-state index in [1.165, 1.54) is 0 Å². The van der Waals surface area contributed by atoms with Crippen molar-refractivity contribution in [1.82, 2.24) is 0 Å². The molecule has 0 radical (unpaired) electrons. The van der Waals surface area contributed by atoms with Gasteiger partial charge < -0.3 is 0 Å². The molecule has 0 N–H and O–H groups in total. The number of alkyl halides is 3. The summed E-state index contributed by atoms with van der Waals surface area (Å²) < 4.78 is 57.2. The second-order valence-electron chi connectivity index (χ2n) is 3.18. The molecule has 1 aliphatic heterocycles. The van der Waals surface area contributed by atoms with E-state index in [2.05, 4.69) is 9.05 Å². The van der Waals surface area contributed by atoms with Crippen molar-refractivity contribution in [3.8, 4) is 0 Å². The minimum Gasteiger partial charge on any atom is -0.260 e. The van der Waals surface area contributed by atoms with Gasteiger partial charge in [-0.3, -0.25) is 4.52 Å². The molecule has 0 aromatic carbocycles. The van der Waals surface area contributed by atoms with Crippen molar-refractivity contribution in [1.29, 1.82) is 0 Å². The molecule has 3 nitrogen and oxygen atoms in total. The van der Waals surface area contributed by atoms with E-state index >= 15 is 0 Å². The molecule has 0 aliphatic carbocycles. The third kappa shape index (κ3) is 1.86. The maximum atomic E-state index is 12.9. The highest BCUT2D eigenvalue weighted by Gasteiger charge is 2.63. The van der Waals surface area contributed by atoms with Crippen LogP contribution in [0.25, 0.3) is 0 Å². The average Bonchev–Trinajstić information content (AvgIpc) is 1.80. The summed E-state index contributed by atoms with van der Waals surface area (Å²) in [6.45, 7) is -2.73. The van der Waals surface area contributed by atoms with E-state index in [0.717, 1.165) is 13.8 Å². The summed E-state index contributed by atoms with van der Waals surface area (Å²) in [5, 5.41) is 0. The van der Waals surface area contributed by atoms with Crippen LogP contribution in [0.5, 0.6) is 0 Å². The van der Waals surface area contributed by atoms with Gasteiger partial charge in [0.2, 0.25) is 6.36 Å². The van der Waals surface area contributed by atoms with Crippen molar-refractivity contribution >= 4 is 18.2 Å². The Kier molecular flexibility index (Phi) is 2.49. The fourth-order valence-electron chi connectivity index (χ4n) is 0.651. The topological polar surface area (TPSA) is 35.5 Å². The maximum Gasteiger partial charge on any atom is 0.431 e. The summed E-state index contributed by atoms with van der Waals surface area (Å²) in [7, 11) is 0. The molecule has 2 atom stereocenters. The lowest BCUT2D eigenvalue weighted by Crippen LogP contribution is -2.49. The first-order chi connectivity index (χ1) is 5.58. The highest BCUT2D eigenvalue weighted by molar-refractivity contribution is 7.81. The number of hydrogen-bond donors (Lipinski definition) is 0. The molecule has 1 heterocycles. The SMILES string of the molecule is CC1(C)C(F)OP(=O)(Cl)OC1(F)F. The third-order valence-electron chi connectivity index (χ3n) is 1.76. The highest BCUT2D eigenvalue weighted by atomic mass is 35.7. The van der Waals surface area contributed by atoms with Gasteiger partial charge in [-0.25, -0.2) is 13.5 Å². The van der Waals surface area contributed by atoms with Gasteiger partial charge in [0, 0.05) is 11.2 Å². The van der Waals surface area contributed by atoms with Crippen LogP contribution in [0.4, 0.5) is 13.2 Å². The van der Waals surface area contributed by atoms with Crippen LogP contribution in [0.1, 0.15) is 13.8 Å². The molecule has 8 heteroatoms. The van der Waals surface area contributed by atoms with Crippen molar-refractivity contribution < 1.29 is 26.8 Å². The van der Waals surface area contributed by atoms with Crippen molar-refractivity contribution in [3.05, 3.63) is 0 Å². The summed E-state index contributed by atoms with van der Waals surface area (Å²) in [4.78, 5) is 0. The van der Waals surface area contributed by atoms with E-state index in [0.29, 0.717) is 0 Å². The average molecular weight is 239 g/mol. The van der Waals surface area contributed by atoms with Crippen LogP contribution in [0.2, 0.25) is 0 Å². The van der Waals surface area contributed by atoms with E-state index in [4.69, 9.17) is 11.2 Å². The van der Waals surface area contributed by atoms with E-state index < -0.39 is 24.8 Å². The summed E-state index contributed by atoms with van der Waals surface area (Å²) in [6, 6.07) is 0. The van der Waals surface area contributed by atoms with Gasteiger partial charge in [0.25, 0.3) is 0 Å². The van der Waals surface area contributed by atoms with Gasteiger partial charge >= 0.3 is 13.1 Å². The van der Waals surface area contributed by atoms with Crippen LogP contribution in [0, 0.1) is 5.41 Å². The van der Waals surface area contributed by atoms with Crippen molar-refractivity contribution in [3.63, 3.8) is 0 Å². The van der Waals surface area contributed by atoms with Crippen LogP contribution in [-0.4, -0.2) is 12.5 Å². The molecule has 0 saturated carbocycles. The molecule has 0 spiro atoms. The van der Waals surface area contributed by atoms with Crippen LogP contribution in [-0.2, 0) is 13.6 Å². The Morgan fingerprint density at radius 3 is 2.31 bits per heavy atom. The standard InChI is InChI=1S/C5H7ClF3O3P/c1-4(2)3(7)11-13(6,10)12-5(4,8)9/h3H,1-2H3. The molecular formula is C5H7ClF3O3P. The molecule has 13 heavy (non-hydrogen) atoms. The Labute approximate surface area is 77.5 Å². The molecule has 1 aliphatic rings. The van der Waals surface area contributed by atoms with Crippen molar-refractivity contribution in [2.24, 2.45) is 5.41 Å². The summed E-state index contributed by atoms with van der Waals surface area (Å²) in [5.74, 6) is 0. The molecule has 0 aromatic heterocycles. The predicted octanol–water partition coefficient (Wildman–Crippen LogP) is 3.29. The second-order valence-corrected chi connectivity index (χ2v) is 5.68. The predicted molar refractivity (Wildman–Crippen MR) is 39.3 cm³/mol. The largest absolute Gasteiger partial charge is 0.431 e. The first kappa shape index (κ1) is 11.3. The molecule has 0 aromatic rings. The first-order valence-corrected chi connectivity index (χ1v) is 5.74. The fourth-order valence-corrected chi connectivity index (χ4v) is 2.16. The lowest BCUT2D eigenvalue weighted by Gasteiger charge is -2.40. The minimum absolute atomic E-state index is 0.883. The summed E-state index contributed by atoms with van der Waals surface area (Å²) >= 11 is 4.87. The van der Waals surface area contributed by atoms with Crippen LogP contribution in [0.15, 0.2) is 0 Å². The van der Waals surface area contributed by atoms with Gasteiger partial charge in [0.15, 0.2) is 0 Å². The third-order valence-corrected chi connectivity index (χ3v) is 3.09. The Balaban J connectivity index is 3.03. The van der Waals surface area contributed by atoms with Gasteiger partial charge in [-0.1, -0.05) is 0 Å². The molecule has 1 fully saturated rings. The zero-order chi connectivity index (χ0) is 10.5. The van der Waals surface area contributed by atoms with Gasteiger partial charge in [-0.15, -0.1) is 0 Å². The molecule has 1 saturated heterocycles. The quantitative estimate of drug-likeness (QED) is 0.608. The molecule has 78 valence electrons. The van der Waals surface area contributed by atoms with Crippen molar-refractivity contribution in [2.45, 2.75) is 26.3 Å². The Bertz CT molecular complexity index is 270. The fraction of sp³-hybridized carbons (Fsp3) is 1.00. The lowest BCUT2D eigenvalue weighted by atomic mass is 9.92. The lowest BCUT2D eigenvalue weighted by molar-refractivity contribution is -0.313. The van der Waals surface area contributed by atoms with Crippen molar-refractivity contribution in [2.75, 3.05) is 0 Å². The zero-order valence-corrected chi connectivity index (χ0v) is 8.41. The highest BCUT2D eigenvalue weighted by Crippen LogP contribution is 2.66. The smallest absolute Gasteiger partial charge is 0.260 e. The van der Waals surface area contributed by atoms with E-state index in [-0.39, 0.29) is 0 Å². The number of rotatable bonds is 0. The van der Waals surface area contributed by atoms with Crippen LogP contribution >= 0.6 is 18.2 Å². The first-order valence-electron chi connectivity index (χ1n) is 3.29. The Morgan fingerprint density at radius 2 is 1.92 bits per heavy atom. The van der Waals surface area contributed by atoms with Gasteiger partial charge in [-0.05, 0) is 13.8 Å². The normalized spacial score (nSPS) is 43.1. The maximum absolute atomic E-state index is 12.9. The van der Waals surface area contributed by atoms with E-state index in [9.17, 15) is 17.7 Å². The van der Waals surface area contributed by atoms with Gasteiger partial charge in [0.05, 0.1) is 0 Å². The molecule has 1 rings (SSSR count). The minimum atomic E-state index is -4.50. The van der Waals surface area contributed by atoms with Gasteiger partial charge in [-0.2, -0.15) is 8.78 Å². The molecule has 2 unspecified atom stereocenters. The number of halogens is 4. The van der Waals surface area contributed by atoms with E-state index in [1.807, 2.05) is 0 Å². The Morgan fingerprint density at radius 1 is 1.46 bits per heavy atom. The van der Waals surface area contributed by atoms with Gasteiger partial charge in [0.1, 0.15) is 5.41 Å². The Hall–Kier alpha value is 0.230. The summed E-state index contributed by atoms with van der Waals surface area (Å²) in [5.41, 5.74) is -2.21. The van der Waals surface area contributed by atoms with Crippen LogP contribution < -0.4 is 0 Å². The van der Waals surface area contributed by atoms with E-state index in [1.54, 1.807) is 0 Å². The molecule has 0 amide bonds. The summed E-state index contributed by atoms with van der Waals surface area (Å²) in [6.07, 6.45) is -6.35. The zero-order valence-electron chi connectivity index (χ0n) is 6.76. The monoisotopic (exact) mass is 238 g/mol. The second kappa shape index (κ2) is 2.86. The van der Waals surface area contributed by atoms with Crippen LogP contribution in [0.3, 0.4) is 0 Å².